The van der Waals surface area contributed by atoms with E-state index in [9.17, 15) is 14.4 Å². The molecule has 162 valence electrons. The average Bonchev–Trinajstić information content (AvgIpc) is 2.97. The molecule has 0 aliphatic carbocycles. The Labute approximate surface area is 180 Å². The van der Waals surface area contributed by atoms with Gasteiger partial charge in [0.15, 0.2) is 0 Å². The molecule has 0 spiro atoms. The molecule has 30 heavy (non-hydrogen) atoms. The SMILES string of the molecule is CCOc1ccc(C(=O)Nc2sc(C(=O)OC(C)C)c(C)c2C(=O)OC(C)C)cc1. The van der Waals surface area contributed by atoms with E-state index in [1.807, 2.05) is 6.92 Å². The number of nitrogens with one attached hydrogen (secondary N) is 1. The minimum atomic E-state index is -0.607. The number of anilines is 1. The van der Waals surface area contributed by atoms with Gasteiger partial charge in [0.05, 0.1) is 24.4 Å². The summed E-state index contributed by atoms with van der Waals surface area (Å²) in [4.78, 5) is 38.1. The highest BCUT2D eigenvalue weighted by molar-refractivity contribution is 7.18. The predicted molar refractivity (Wildman–Crippen MR) is 116 cm³/mol. The molecule has 0 radical (unpaired) electrons. The number of hydrogen-bond donors (Lipinski definition) is 1. The Balaban J connectivity index is 2.37. The van der Waals surface area contributed by atoms with Crippen molar-refractivity contribution in [2.75, 3.05) is 11.9 Å². The van der Waals surface area contributed by atoms with Gasteiger partial charge in [-0.25, -0.2) is 9.59 Å². The minimum Gasteiger partial charge on any atom is -0.494 e. The molecule has 8 heteroatoms. The molecule has 1 heterocycles. The number of thiophene rings is 1. The summed E-state index contributed by atoms with van der Waals surface area (Å²) in [6, 6.07) is 6.64. The first kappa shape index (κ1) is 23.4. The lowest BCUT2D eigenvalue weighted by molar-refractivity contribution is 0.0378. The molecule has 0 aliphatic rings. The van der Waals surface area contributed by atoms with Crippen molar-refractivity contribution in [1.82, 2.24) is 0 Å². The standard InChI is InChI=1S/C22H27NO6S/c1-7-27-16-10-8-15(9-11-16)19(24)23-20-17(21(25)28-12(2)3)14(6)18(30-20)22(26)29-13(4)5/h8-13H,7H2,1-6H3,(H,23,24). The first-order valence-electron chi connectivity index (χ1n) is 9.73. The molecule has 2 aromatic rings. The van der Waals surface area contributed by atoms with Crippen LogP contribution in [-0.2, 0) is 9.47 Å². The molecule has 0 unspecified atom stereocenters. The van der Waals surface area contributed by atoms with Crippen molar-refractivity contribution in [2.24, 2.45) is 0 Å². The Kier molecular flexibility index (Phi) is 8.00. The number of benzene rings is 1. The number of carbonyl (C=O) groups is 3. The minimum absolute atomic E-state index is 0.156. The number of esters is 2. The number of ether oxygens (including phenoxy) is 3. The zero-order valence-electron chi connectivity index (χ0n) is 18.0. The molecule has 0 atom stereocenters. The van der Waals surface area contributed by atoms with Crippen LogP contribution in [0.4, 0.5) is 5.00 Å². The van der Waals surface area contributed by atoms with Crippen LogP contribution in [0.15, 0.2) is 24.3 Å². The zero-order valence-corrected chi connectivity index (χ0v) is 18.8. The highest BCUT2D eigenvalue weighted by atomic mass is 32.1. The van der Waals surface area contributed by atoms with Gasteiger partial charge in [-0.15, -0.1) is 11.3 Å². The van der Waals surface area contributed by atoms with Crippen LogP contribution in [-0.4, -0.2) is 36.7 Å². The first-order chi connectivity index (χ1) is 14.1. The van der Waals surface area contributed by atoms with Gasteiger partial charge in [0.25, 0.3) is 5.91 Å². The summed E-state index contributed by atoms with van der Waals surface area (Å²) in [6.45, 7) is 11.0. The van der Waals surface area contributed by atoms with Crippen molar-refractivity contribution in [3.8, 4) is 5.75 Å². The van der Waals surface area contributed by atoms with Gasteiger partial charge in [0.2, 0.25) is 0 Å². The van der Waals surface area contributed by atoms with Crippen LogP contribution in [0.1, 0.15) is 70.6 Å². The normalized spacial score (nSPS) is 10.8. The first-order valence-corrected chi connectivity index (χ1v) is 10.5. The zero-order chi connectivity index (χ0) is 22.4. The summed E-state index contributed by atoms with van der Waals surface area (Å²) in [5, 5.41) is 2.98. The Morgan fingerprint density at radius 1 is 0.967 bits per heavy atom. The van der Waals surface area contributed by atoms with Gasteiger partial charge in [-0.1, -0.05) is 0 Å². The summed E-state index contributed by atoms with van der Waals surface area (Å²) in [6.07, 6.45) is -0.663. The van der Waals surface area contributed by atoms with Gasteiger partial charge in [0.1, 0.15) is 15.6 Å². The second kappa shape index (κ2) is 10.2. The Hall–Kier alpha value is -2.87. The maximum absolute atomic E-state index is 12.7. The van der Waals surface area contributed by atoms with Gasteiger partial charge in [-0.05, 0) is 71.4 Å². The van der Waals surface area contributed by atoms with E-state index in [1.54, 1.807) is 58.9 Å². The molecule has 0 bridgehead atoms. The van der Waals surface area contributed by atoms with Crippen LogP contribution in [0.5, 0.6) is 5.75 Å². The fraction of sp³-hybridized carbons (Fsp3) is 0.409. The second-order valence-electron chi connectivity index (χ2n) is 7.08. The summed E-state index contributed by atoms with van der Waals surface area (Å²) in [5.74, 6) is -0.917. The van der Waals surface area contributed by atoms with Gasteiger partial charge in [-0.2, -0.15) is 0 Å². The van der Waals surface area contributed by atoms with Gasteiger partial charge in [0, 0.05) is 5.56 Å². The molecule has 1 aromatic heterocycles. The molecule has 1 aromatic carbocycles. The van der Waals surface area contributed by atoms with Crippen LogP contribution in [0.3, 0.4) is 0 Å². The average molecular weight is 434 g/mol. The van der Waals surface area contributed by atoms with Gasteiger partial charge >= 0.3 is 11.9 Å². The predicted octanol–water partition coefficient (Wildman–Crippen LogP) is 4.84. The Bertz CT molecular complexity index is 914. The molecule has 2 rings (SSSR count). The molecule has 1 amide bonds. The largest absolute Gasteiger partial charge is 0.494 e. The van der Waals surface area contributed by atoms with Crippen molar-refractivity contribution in [3.63, 3.8) is 0 Å². The highest BCUT2D eigenvalue weighted by Crippen LogP contribution is 2.35. The lowest BCUT2D eigenvalue weighted by Crippen LogP contribution is -2.17. The van der Waals surface area contributed by atoms with Crippen molar-refractivity contribution < 1.29 is 28.6 Å². The maximum atomic E-state index is 12.7. The number of carbonyl (C=O) groups excluding carboxylic acids is 3. The smallest absolute Gasteiger partial charge is 0.348 e. The molecule has 0 aliphatic heterocycles. The van der Waals surface area contributed by atoms with E-state index in [0.717, 1.165) is 11.3 Å². The van der Waals surface area contributed by atoms with E-state index >= 15 is 0 Å². The van der Waals surface area contributed by atoms with E-state index < -0.39 is 17.8 Å². The topological polar surface area (TPSA) is 90.9 Å². The molecule has 0 saturated carbocycles. The second-order valence-corrected chi connectivity index (χ2v) is 8.10. The molecule has 7 nitrogen and oxygen atoms in total. The van der Waals surface area contributed by atoms with Crippen molar-refractivity contribution in [2.45, 2.75) is 53.8 Å². The van der Waals surface area contributed by atoms with Crippen LogP contribution in [0.2, 0.25) is 0 Å². The highest BCUT2D eigenvalue weighted by Gasteiger charge is 2.28. The number of rotatable bonds is 8. The molecule has 1 N–H and O–H groups in total. The Morgan fingerprint density at radius 2 is 1.53 bits per heavy atom. The third-order valence-corrected chi connectivity index (χ3v) is 5.06. The third kappa shape index (κ3) is 5.82. The fourth-order valence-corrected chi connectivity index (χ4v) is 3.70. The molecular formula is C22H27NO6S. The number of hydrogen-bond acceptors (Lipinski definition) is 7. The number of amides is 1. The molecule has 0 fully saturated rings. The monoisotopic (exact) mass is 433 g/mol. The maximum Gasteiger partial charge on any atom is 0.348 e. The van der Waals surface area contributed by atoms with E-state index in [1.165, 1.54) is 0 Å². The lowest BCUT2D eigenvalue weighted by atomic mass is 10.1. The van der Waals surface area contributed by atoms with Crippen LogP contribution < -0.4 is 10.1 Å². The fourth-order valence-electron chi connectivity index (χ4n) is 2.63. The molecular weight excluding hydrogens is 406 g/mol. The van der Waals surface area contributed by atoms with Gasteiger partial charge < -0.3 is 19.5 Å². The van der Waals surface area contributed by atoms with E-state index in [2.05, 4.69) is 5.32 Å². The summed E-state index contributed by atoms with van der Waals surface area (Å²) in [7, 11) is 0. The lowest BCUT2D eigenvalue weighted by Gasteiger charge is -2.11. The summed E-state index contributed by atoms with van der Waals surface area (Å²) >= 11 is 0.994. The van der Waals surface area contributed by atoms with E-state index in [0.29, 0.717) is 23.5 Å². The van der Waals surface area contributed by atoms with Gasteiger partial charge in [-0.3, -0.25) is 4.79 Å². The summed E-state index contributed by atoms with van der Waals surface area (Å²) in [5.41, 5.74) is 0.959. The quantitative estimate of drug-likeness (QED) is 0.599. The van der Waals surface area contributed by atoms with Crippen LogP contribution in [0, 0.1) is 6.92 Å². The Morgan fingerprint density at radius 3 is 2.07 bits per heavy atom. The van der Waals surface area contributed by atoms with Crippen LogP contribution >= 0.6 is 11.3 Å². The van der Waals surface area contributed by atoms with E-state index in [-0.39, 0.29) is 27.6 Å². The van der Waals surface area contributed by atoms with E-state index in [4.69, 9.17) is 14.2 Å². The summed E-state index contributed by atoms with van der Waals surface area (Å²) < 4.78 is 16.0. The van der Waals surface area contributed by atoms with Crippen LogP contribution in [0.25, 0.3) is 0 Å². The third-order valence-electron chi connectivity index (χ3n) is 3.88. The van der Waals surface area contributed by atoms with Crippen molar-refractivity contribution >= 4 is 34.2 Å². The van der Waals surface area contributed by atoms with Crippen molar-refractivity contribution in [1.29, 1.82) is 0 Å². The molecule has 0 saturated heterocycles. The van der Waals surface area contributed by atoms with Crippen molar-refractivity contribution in [3.05, 3.63) is 45.8 Å².